The number of thioether (sulfide) groups is 2. The molecule has 5 aromatic rings. The molecule has 3 N–H and O–H groups in total. The molecule has 4 aromatic carbocycles. The molecule has 1 heterocycles. The first kappa shape index (κ1) is 41.0. The van der Waals surface area contributed by atoms with Crippen LogP contribution in [-0.2, 0) is 31.9 Å². The number of allylic oxidation sites excluding steroid dienone is 2. The molecule has 55 heavy (non-hydrogen) atoms. The fourth-order valence-electron chi connectivity index (χ4n) is 5.74. The van der Waals surface area contributed by atoms with E-state index < -0.39 is 24.1 Å². The van der Waals surface area contributed by atoms with Crippen LogP contribution in [0.25, 0.3) is 21.8 Å². The predicted octanol–water partition coefficient (Wildman–Crippen LogP) is 9.57. The number of hydrogen-bond acceptors (Lipinski definition) is 6. The highest BCUT2D eigenvalue weighted by atomic mass is 32.2. The Hall–Kier alpha value is -5.16. The summed E-state index contributed by atoms with van der Waals surface area (Å²) in [4.78, 5) is 28.5. The molecule has 0 aliphatic rings. The number of aromatic amines is 1. The number of rotatable bonds is 16. The molecule has 0 aliphatic heterocycles. The highest BCUT2D eigenvalue weighted by Gasteiger charge is 2.18. The van der Waals surface area contributed by atoms with Crippen LogP contribution in [0, 0.1) is 23.7 Å². The number of carboxylic acid groups (broad SMARTS) is 2. The molecule has 282 valence electrons. The Morgan fingerprint density at radius 2 is 1.05 bits per heavy atom. The second-order valence-electron chi connectivity index (χ2n) is 12.8. The Morgan fingerprint density at radius 1 is 0.655 bits per heavy atom. The lowest BCUT2D eigenvalue weighted by Gasteiger charge is -2.12. The van der Waals surface area contributed by atoms with Gasteiger partial charge in [0.1, 0.15) is 0 Å². The van der Waals surface area contributed by atoms with Crippen LogP contribution in [0.4, 0.5) is 0 Å². The first-order valence-electron chi connectivity index (χ1n) is 18.2. The maximum Gasteiger partial charge on any atom is 0.333 e. The lowest BCUT2D eigenvalue weighted by molar-refractivity contribution is -0.150. The van der Waals surface area contributed by atoms with Gasteiger partial charge in [-0.1, -0.05) is 72.2 Å². The van der Waals surface area contributed by atoms with E-state index in [-0.39, 0.29) is 0 Å². The second-order valence-corrected chi connectivity index (χ2v) is 15.0. The summed E-state index contributed by atoms with van der Waals surface area (Å²) in [6, 6.07) is 28.4. The quantitative estimate of drug-likeness (QED) is 0.0673. The predicted molar refractivity (Wildman–Crippen MR) is 225 cm³/mol. The van der Waals surface area contributed by atoms with E-state index in [1.165, 1.54) is 0 Å². The highest BCUT2D eigenvalue weighted by Crippen LogP contribution is 2.27. The number of aliphatic carboxylic acids is 2. The molecule has 0 amide bonds. The van der Waals surface area contributed by atoms with E-state index in [0.717, 1.165) is 76.5 Å². The van der Waals surface area contributed by atoms with Gasteiger partial charge >= 0.3 is 11.9 Å². The average Bonchev–Trinajstić information content (AvgIpc) is 3.54. The van der Waals surface area contributed by atoms with Crippen molar-refractivity contribution in [3.05, 3.63) is 130 Å². The first-order chi connectivity index (χ1) is 26.6. The maximum absolute atomic E-state index is 11.4. The first-order valence-corrected chi connectivity index (χ1v) is 20.1. The summed E-state index contributed by atoms with van der Waals surface area (Å²) >= 11 is 3.41. The minimum Gasteiger partial charge on any atom is -0.479 e. The summed E-state index contributed by atoms with van der Waals surface area (Å²) in [5, 5.41) is 20.9. The van der Waals surface area contributed by atoms with Crippen molar-refractivity contribution in [1.29, 1.82) is 0 Å². The number of carbonyl (C=O) groups is 2. The van der Waals surface area contributed by atoms with Gasteiger partial charge in [-0.3, -0.25) is 0 Å². The Labute approximate surface area is 331 Å². The van der Waals surface area contributed by atoms with Gasteiger partial charge in [0.25, 0.3) is 0 Å². The number of hydrogen-bond donors (Lipinski definition) is 3. The van der Waals surface area contributed by atoms with E-state index in [2.05, 4.69) is 77.2 Å². The average molecular weight is 772 g/mol. The molecular weight excluding hydrogens is 727 g/mol. The zero-order valence-corrected chi connectivity index (χ0v) is 33.1. The van der Waals surface area contributed by atoms with Crippen LogP contribution in [0.2, 0.25) is 0 Å². The number of fused-ring (bicyclic) bond motifs is 3. The summed E-state index contributed by atoms with van der Waals surface area (Å²) in [6.45, 7) is 8.36. The van der Waals surface area contributed by atoms with Crippen LogP contribution < -0.4 is 0 Å². The molecule has 0 aliphatic carbocycles. The number of benzene rings is 4. The van der Waals surface area contributed by atoms with E-state index in [4.69, 9.17) is 9.47 Å². The third kappa shape index (κ3) is 12.4. The van der Waals surface area contributed by atoms with Crippen LogP contribution in [0.5, 0.6) is 0 Å². The van der Waals surface area contributed by atoms with Gasteiger partial charge in [0.2, 0.25) is 0 Å². The third-order valence-corrected chi connectivity index (χ3v) is 10.5. The van der Waals surface area contributed by atoms with Crippen molar-refractivity contribution in [1.82, 2.24) is 4.98 Å². The maximum atomic E-state index is 11.4. The number of ether oxygens (including phenoxy) is 2. The molecule has 1 aromatic heterocycles. The topological polar surface area (TPSA) is 109 Å². The lowest BCUT2D eigenvalue weighted by Crippen LogP contribution is -2.26. The molecule has 0 bridgehead atoms. The van der Waals surface area contributed by atoms with Gasteiger partial charge in [0, 0.05) is 80.3 Å². The molecule has 0 saturated carbocycles. The van der Waals surface area contributed by atoms with Crippen molar-refractivity contribution >= 4 is 57.3 Å². The lowest BCUT2D eigenvalue weighted by atomic mass is 10.1. The van der Waals surface area contributed by atoms with Crippen LogP contribution in [-0.4, -0.2) is 64.1 Å². The van der Waals surface area contributed by atoms with E-state index in [9.17, 15) is 19.8 Å². The van der Waals surface area contributed by atoms with Crippen LogP contribution >= 0.6 is 23.5 Å². The fourth-order valence-corrected chi connectivity index (χ4v) is 7.45. The number of nitrogens with one attached hydrogen (secondary N) is 1. The zero-order valence-electron chi connectivity index (χ0n) is 31.5. The third-order valence-electron chi connectivity index (χ3n) is 8.66. The van der Waals surface area contributed by atoms with Gasteiger partial charge in [0.05, 0.1) is 0 Å². The van der Waals surface area contributed by atoms with Gasteiger partial charge in [-0.25, -0.2) is 9.59 Å². The van der Waals surface area contributed by atoms with E-state index in [0.29, 0.717) is 26.1 Å². The van der Waals surface area contributed by atoms with E-state index in [1.54, 1.807) is 37.4 Å². The van der Waals surface area contributed by atoms with Crippen molar-refractivity contribution in [3.63, 3.8) is 0 Å². The van der Waals surface area contributed by atoms with Crippen LogP contribution in [0.15, 0.2) is 118 Å². The largest absolute Gasteiger partial charge is 0.479 e. The van der Waals surface area contributed by atoms with Crippen molar-refractivity contribution in [2.75, 3.05) is 24.7 Å². The highest BCUT2D eigenvalue weighted by molar-refractivity contribution is 7.99. The molecule has 0 saturated heterocycles. The van der Waals surface area contributed by atoms with Crippen molar-refractivity contribution < 1.29 is 29.3 Å². The summed E-state index contributed by atoms with van der Waals surface area (Å²) in [7, 11) is 0. The molecular formula is C46H45NO6S2. The van der Waals surface area contributed by atoms with Gasteiger partial charge in [-0.15, -0.1) is 23.5 Å². The van der Waals surface area contributed by atoms with Gasteiger partial charge in [-0.2, -0.15) is 0 Å². The van der Waals surface area contributed by atoms with Crippen LogP contribution in [0.1, 0.15) is 49.9 Å². The van der Waals surface area contributed by atoms with Crippen LogP contribution in [0.3, 0.4) is 0 Å². The monoisotopic (exact) mass is 771 g/mol. The standard InChI is InChI=1S/C46H45NO6S2/c1-5-52-43(45(48)49)29-35-11-17-37(18-12-35)54-25-23-31(3)7-9-33-15-21-39-40-22-16-34(28-42(40)47-41(39)27-33)10-8-32(4)24-26-55-38-19-13-36(14-20-38)30-44(46(50)51)53-6-2/h11-24,27-28,43-44,47H,5-6,25-26,29-30H2,1-4H3,(H,48,49)(H,50,51). The SMILES string of the molecule is CCOC(Cc1ccc(SCC=C(C)C#Cc2ccc3c(c2)[nH]c2cc(C#CC(C)=CCSc4ccc(CC(OCC)C(=O)O)cc4)ccc23)cc1)C(=O)O. The Morgan fingerprint density at radius 3 is 1.42 bits per heavy atom. The summed E-state index contributed by atoms with van der Waals surface area (Å²) in [5.41, 5.74) is 7.78. The van der Waals surface area contributed by atoms with Gasteiger partial charge < -0.3 is 24.7 Å². The summed E-state index contributed by atoms with van der Waals surface area (Å²) in [5.74, 6) is 12.8. The number of carboxylic acids is 2. The van der Waals surface area contributed by atoms with E-state index in [1.807, 2.05) is 62.4 Å². The van der Waals surface area contributed by atoms with Crippen molar-refractivity contribution in [3.8, 4) is 23.7 Å². The van der Waals surface area contributed by atoms with Crippen molar-refractivity contribution in [2.24, 2.45) is 0 Å². The molecule has 2 atom stereocenters. The Kier molecular flexibility index (Phi) is 15.3. The molecule has 9 heteroatoms. The molecule has 0 spiro atoms. The smallest absolute Gasteiger partial charge is 0.333 e. The Balaban J connectivity index is 1.14. The summed E-state index contributed by atoms with van der Waals surface area (Å²) < 4.78 is 10.7. The molecule has 2 unspecified atom stereocenters. The van der Waals surface area contributed by atoms with Gasteiger partial charge in [0.15, 0.2) is 12.2 Å². The minimum atomic E-state index is -0.943. The normalized spacial score (nSPS) is 12.8. The minimum absolute atomic E-state index is 0.345. The zero-order chi connectivity index (χ0) is 39.2. The number of H-pyrrole nitrogens is 1. The van der Waals surface area contributed by atoms with Crippen molar-refractivity contribution in [2.45, 2.75) is 62.5 Å². The number of aromatic nitrogens is 1. The van der Waals surface area contributed by atoms with E-state index >= 15 is 0 Å². The fraction of sp³-hybridized carbons (Fsp3) is 0.261. The Bertz CT molecular complexity index is 2140. The second kappa shape index (κ2) is 20.5. The van der Waals surface area contributed by atoms with Gasteiger partial charge in [-0.05, 0) is 98.5 Å². The molecule has 0 radical (unpaired) electrons. The molecule has 5 rings (SSSR count). The molecule has 0 fully saturated rings. The summed E-state index contributed by atoms with van der Waals surface area (Å²) in [6.07, 6.45) is 3.27. The molecule has 7 nitrogen and oxygen atoms in total.